The second kappa shape index (κ2) is 7.08. The van der Waals surface area contributed by atoms with Crippen LogP contribution in [0.1, 0.15) is 19.8 Å². The SMILES string of the molecule is CCCCN(CCO)C(=O)Cn1c(=O)[nH]c2ccccc21. The molecule has 6 nitrogen and oxygen atoms in total. The number of carbonyl (C=O) groups is 1. The van der Waals surface area contributed by atoms with E-state index in [2.05, 4.69) is 4.98 Å². The molecule has 0 aliphatic rings. The summed E-state index contributed by atoms with van der Waals surface area (Å²) in [6.45, 7) is 2.87. The zero-order valence-corrected chi connectivity index (χ0v) is 12.2. The maximum Gasteiger partial charge on any atom is 0.326 e. The highest BCUT2D eigenvalue weighted by Crippen LogP contribution is 2.09. The van der Waals surface area contributed by atoms with E-state index in [1.54, 1.807) is 11.0 Å². The molecule has 0 radical (unpaired) electrons. The van der Waals surface area contributed by atoms with Crippen LogP contribution < -0.4 is 5.69 Å². The number of H-pyrrole nitrogens is 1. The average Bonchev–Trinajstić information content (AvgIpc) is 2.79. The third-order valence-electron chi connectivity index (χ3n) is 3.48. The number of benzene rings is 1. The highest BCUT2D eigenvalue weighted by Gasteiger charge is 2.16. The summed E-state index contributed by atoms with van der Waals surface area (Å²) < 4.78 is 1.44. The topological polar surface area (TPSA) is 78.3 Å². The van der Waals surface area contributed by atoms with E-state index in [0.29, 0.717) is 13.1 Å². The first-order chi connectivity index (χ1) is 10.2. The maximum atomic E-state index is 12.3. The molecule has 2 rings (SSSR count). The van der Waals surface area contributed by atoms with Gasteiger partial charge in [-0.05, 0) is 18.6 Å². The smallest absolute Gasteiger partial charge is 0.326 e. The van der Waals surface area contributed by atoms with Gasteiger partial charge in [0.25, 0.3) is 0 Å². The fourth-order valence-electron chi connectivity index (χ4n) is 2.33. The van der Waals surface area contributed by atoms with Crippen molar-refractivity contribution in [3.63, 3.8) is 0 Å². The molecule has 0 unspecified atom stereocenters. The number of nitrogens with one attached hydrogen (secondary N) is 1. The normalized spacial score (nSPS) is 11.0. The molecule has 1 amide bonds. The molecule has 1 aromatic heterocycles. The van der Waals surface area contributed by atoms with Gasteiger partial charge in [0.2, 0.25) is 5.91 Å². The van der Waals surface area contributed by atoms with Crippen molar-refractivity contribution in [3.05, 3.63) is 34.7 Å². The fraction of sp³-hybridized carbons (Fsp3) is 0.467. The van der Waals surface area contributed by atoms with E-state index in [9.17, 15) is 9.59 Å². The van der Waals surface area contributed by atoms with Crippen molar-refractivity contribution in [1.82, 2.24) is 14.5 Å². The summed E-state index contributed by atoms with van der Waals surface area (Å²) >= 11 is 0. The number of aliphatic hydroxyl groups is 1. The van der Waals surface area contributed by atoms with E-state index < -0.39 is 0 Å². The van der Waals surface area contributed by atoms with Crippen LogP contribution in [0.2, 0.25) is 0 Å². The van der Waals surface area contributed by atoms with Gasteiger partial charge in [0.1, 0.15) is 6.54 Å². The molecule has 0 spiro atoms. The Labute approximate surface area is 123 Å². The van der Waals surface area contributed by atoms with E-state index in [-0.39, 0.29) is 24.7 Å². The van der Waals surface area contributed by atoms with Crippen molar-refractivity contribution in [2.45, 2.75) is 26.3 Å². The summed E-state index contributed by atoms with van der Waals surface area (Å²) in [4.78, 5) is 28.6. The Morgan fingerprint density at radius 3 is 2.81 bits per heavy atom. The molecule has 0 atom stereocenters. The van der Waals surface area contributed by atoms with Gasteiger partial charge in [0, 0.05) is 13.1 Å². The van der Waals surface area contributed by atoms with E-state index in [4.69, 9.17) is 5.11 Å². The third kappa shape index (κ3) is 3.52. The molecule has 21 heavy (non-hydrogen) atoms. The van der Waals surface area contributed by atoms with Crippen LogP contribution in [0.3, 0.4) is 0 Å². The number of fused-ring (bicyclic) bond motifs is 1. The molecular weight excluding hydrogens is 270 g/mol. The minimum atomic E-state index is -0.288. The van der Waals surface area contributed by atoms with Crippen molar-refractivity contribution < 1.29 is 9.90 Å². The van der Waals surface area contributed by atoms with Gasteiger partial charge in [-0.3, -0.25) is 9.36 Å². The van der Waals surface area contributed by atoms with Gasteiger partial charge in [-0.2, -0.15) is 0 Å². The molecular formula is C15H21N3O3. The van der Waals surface area contributed by atoms with E-state index in [1.165, 1.54) is 4.57 Å². The van der Waals surface area contributed by atoms with Crippen LogP contribution >= 0.6 is 0 Å². The lowest BCUT2D eigenvalue weighted by Crippen LogP contribution is -2.38. The number of imidazole rings is 1. The van der Waals surface area contributed by atoms with Gasteiger partial charge in [0.15, 0.2) is 0 Å². The van der Waals surface area contributed by atoms with Crippen molar-refractivity contribution in [1.29, 1.82) is 0 Å². The summed E-state index contributed by atoms with van der Waals surface area (Å²) in [6, 6.07) is 7.28. The highest BCUT2D eigenvalue weighted by molar-refractivity contribution is 5.80. The lowest BCUT2D eigenvalue weighted by atomic mass is 10.3. The molecule has 2 N–H and O–H groups in total. The summed E-state index contributed by atoms with van der Waals surface area (Å²) in [5.74, 6) is -0.149. The van der Waals surface area contributed by atoms with Crippen LogP contribution in [0, 0.1) is 0 Å². The first kappa shape index (κ1) is 15.3. The second-order valence-electron chi connectivity index (χ2n) is 4.99. The molecule has 1 heterocycles. The number of carbonyl (C=O) groups excluding carboxylic acids is 1. The minimum absolute atomic E-state index is 0.00738. The Morgan fingerprint density at radius 2 is 2.10 bits per heavy atom. The van der Waals surface area contributed by atoms with Gasteiger partial charge in [0.05, 0.1) is 17.6 Å². The highest BCUT2D eigenvalue weighted by atomic mass is 16.3. The van der Waals surface area contributed by atoms with E-state index >= 15 is 0 Å². The molecule has 1 aromatic carbocycles. The zero-order chi connectivity index (χ0) is 15.2. The molecule has 0 saturated heterocycles. The first-order valence-corrected chi connectivity index (χ1v) is 7.23. The maximum absolute atomic E-state index is 12.3. The summed E-state index contributed by atoms with van der Waals surface area (Å²) in [7, 11) is 0. The van der Waals surface area contributed by atoms with Crippen LogP contribution in [-0.4, -0.2) is 45.2 Å². The lowest BCUT2D eigenvalue weighted by Gasteiger charge is -2.21. The molecule has 0 aliphatic heterocycles. The molecule has 0 bridgehead atoms. The molecule has 114 valence electrons. The number of nitrogens with zero attached hydrogens (tertiary/aromatic N) is 2. The number of rotatable bonds is 7. The van der Waals surface area contributed by atoms with Crippen LogP contribution in [0.5, 0.6) is 0 Å². The number of aromatic nitrogens is 2. The Bertz CT molecular complexity index is 659. The summed E-state index contributed by atoms with van der Waals surface area (Å²) in [6.07, 6.45) is 1.86. The predicted octanol–water partition coefficient (Wildman–Crippen LogP) is 0.951. The zero-order valence-electron chi connectivity index (χ0n) is 12.2. The Morgan fingerprint density at radius 1 is 1.33 bits per heavy atom. The average molecular weight is 291 g/mol. The van der Waals surface area contributed by atoms with Crippen LogP contribution in [0.4, 0.5) is 0 Å². The van der Waals surface area contributed by atoms with E-state index in [0.717, 1.165) is 23.9 Å². The van der Waals surface area contributed by atoms with Gasteiger partial charge >= 0.3 is 5.69 Å². The van der Waals surface area contributed by atoms with Crippen molar-refractivity contribution >= 4 is 16.9 Å². The quantitative estimate of drug-likeness (QED) is 0.797. The summed E-state index contributed by atoms with van der Waals surface area (Å²) in [5, 5.41) is 9.07. The third-order valence-corrected chi connectivity index (χ3v) is 3.48. The molecule has 0 fully saturated rings. The van der Waals surface area contributed by atoms with Crippen molar-refractivity contribution in [2.24, 2.45) is 0 Å². The number of para-hydroxylation sites is 2. The molecule has 0 aliphatic carbocycles. The van der Waals surface area contributed by atoms with Crippen LogP contribution in [0.25, 0.3) is 11.0 Å². The number of hydrogen-bond donors (Lipinski definition) is 2. The standard InChI is InChI=1S/C15H21N3O3/c1-2-3-8-17(9-10-19)14(20)11-18-13-7-5-4-6-12(13)16-15(18)21/h4-7,19H,2-3,8-11H2,1H3,(H,16,21). The lowest BCUT2D eigenvalue weighted by molar-refractivity contribution is -0.132. The molecule has 6 heteroatoms. The summed E-state index contributed by atoms with van der Waals surface area (Å²) in [5.41, 5.74) is 1.15. The van der Waals surface area contributed by atoms with Gasteiger partial charge in [-0.1, -0.05) is 25.5 Å². The molecule has 2 aromatic rings. The number of amides is 1. The number of unbranched alkanes of at least 4 members (excludes halogenated alkanes) is 1. The van der Waals surface area contributed by atoms with Crippen LogP contribution in [-0.2, 0) is 11.3 Å². The number of hydrogen-bond acceptors (Lipinski definition) is 3. The minimum Gasteiger partial charge on any atom is -0.395 e. The second-order valence-corrected chi connectivity index (χ2v) is 4.99. The Hall–Kier alpha value is -2.08. The monoisotopic (exact) mass is 291 g/mol. The Kier molecular flexibility index (Phi) is 5.16. The molecule has 0 saturated carbocycles. The number of aliphatic hydroxyl groups excluding tert-OH is 1. The largest absolute Gasteiger partial charge is 0.395 e. The predicted molar refractivity (Wildman–Crippen MR) is 81.1 cm³/mol. The fourth-order valence-corrected chi connectivity index (χ4v) is 2.33. The van der Waals surface area contributed by atoms with Gasteiger partial charge in [-0.25, -0.2) is 4.79 Å². The van der Waals surface area contributed by atoms with Gasteiger partial charge < -0.3 is 15.0 Å². The Balaban J connectivity index is 2.19. The van der Waals surface area contributed by atoms with Crippen molar-refractivity contribution in [3.8, 4) is 0 Å². The first-order valence-electron chi connectivity index (χ1n) is 7.23. The van der Waals surface area contributed by atoms with E-state index in [1.807, 2.05) is 25.1 Å². The van der Waals surface area contributed by atoms with Crippen molar-refractivity contribution in [2.75, 3.05) is 19.7 Å². The van der Waals surface area contributed by atoms with Crippen LogP contribution in [0.15, 0.2) is 29.1 Å². The number of aromatic amines is 1. The van der Waals surface area contributed by atoms with Gasteiger partial charge in [-0.15, -0.1) is 0 Å².